The Bertz CT molecular complexity index is 500. The van der Waals surface area contributed by atoms with E-state index in [4.69, 9.17) is 15.2 Å². The van der Waals surface area contributed by atoms with Crippen LogP contribution in [-0.4, -0.2) is 31.3 Å². The monoisotopic (exact) mass is 278 g/mol. The molecule has 20 heavy (non-hydrogen) atoms. The van der Waals surface area contributed by atoms with E-state index in [2.05, 4.69) is 19.2 Å². The first-order chi connectivity index (χ1) is 9.41. The van der Waals surface area contributed by atoms with Crippen LogP contribution in [0.4, 0.5) is 11.4 Å². The molecule has 0 radical (unpaired) electrons. The minimum Gasteiger partial charge on any atom is -0.465 e. The van der Waals surface area contributed by atoms with Crippen LogP contribution in [0.3, 0.4) is 0 Å². The molecular formula is C15H22N2O3. The van der Waals surface area contributed by atoms with Crippen molar-refractivity contribution in [2.24, 2.45) is 0 Å². The molecular weight excluding hydrogens is 256 g/mol. The number of rotatable bonds is 3. The number of hydrogen-bond donors (Lipinski definition) is 2. The molecule has 2 rings (SSSR count). The fraction of sp³-hybridized carbons (Fsp3) is 0.533. The molecule has 1 aromatic carbocycles. The van der Waals surface area contributed by atoms with Gasteiger partial charge in [-0.2, -0.15) is 0 Å². The summed E-state index contributed by atoms with van der Waals surface area (Å²) in [6, 6.07) is 5.67. The van der Waals surface area contributed by atoms with Gasteiger partial charge in [0.2, 0.25) is 0 Å². The molecule has 0 saturated carbocycles. The second-order valence-electron chi connectivity index (χ2n) is 5.74. The number of methoxy groups -OCH3 is 1. The van der Waals surface area contributed by atoms with Crippen LogP contribution < -0.4 is 11.1 Å². The van der Waals surface area contributed by atoms with Crippen molar-refractivity contribution in [3.63, 3.8) is 0 Å². The molecule has 0 aromatic heterocycles. The van der Waals surface area contributed by atoms with Crippen LogP contribution in [0, 0.1) is 0 Å². The molecule has 1 heterocycles. The Hall–Kier alpha value is -1.75. The van der Waals surface area contributed by atoms with Gasteiger partial charge in [-0.05, 0) is 44.9 Å². The zero-order valence-electron chi connectivity index (χ0n) is 12.2. The largest absolute Gasteiger partial charge is 0.465 e. The normalized spacial score (nSPS) is 21.2. The maximum Gasteiger partial charge on any atom is 0.340 e. The van der Waals surface area contributed by atoms with Crippen molar-refractivity contribution in [2.45, 2.75) is 38.3 Å². The fourth-order valence-electron chi connectivity index (χ4n) is 2.52. The number of benzene rings is 1. The van der Waals surface area contributed by atoms with Crippen LogP contribution in [0.2, 0.25) is 0 Å². The number of nitrogens with one attached hydrogen (secondary N) is 1. The van der Waals surface area contributed by atoms with E-state index in [9.17, 15) is 4.79 Å². The van der Waals surface area contributed by atoms with Crippen LogP contribution in [0.25, 0.3) is 0 Å². The topological polar surface area (TPSA) is 73.6 Å². The number of anilines is 2. The lowest BCUT2D eigenvalue weighted by molar-refractivity contribution is -0.0553. The third-order valence-electron chi connectivity index (χ3n) is 3.53. The Balaban J connectivity index is 2.12. The zero-order chi connectivity index (χ0) is 14.8. The highest BCUT2D eigenvalue weighted by molar-refractivity contribution is 5.96. The number of esters is 1. The first kappa shape index (κ1) is 14.7. The molecule has 5 nitrogen and oxygen atoms in total. The van der Waals surface area contributed by atoms with Crippen molar-refractivity contribution in [1.29, 1.82) is 0 Å². The lowest BCUT2D eigenvalue weighted by Gasteiger charge is -2.36. The number of carbonyl (C=O) groups excluding carboxylic acids is 1. The van der Waals surface area contributed by atoms with Crippen molar-refractivity contribution in [2.75, 3.05) is 24.8 Å². The average Bonchev–Trinajstić information content (AvgIpc) is 2.39. The highest BCUT2D eigenvalue weighted by Crippen LogP contribution is 2.27. The number of carbonyl (C=O) groups is 1. The fourth-order valence-corrected chi connectivity index (χ4v) is 2.52. The van der Waals surface area contributed by atoms with Gasteiger partial charge in [-0.3, -0.25) is 0 Å². The summed E-state index contributed by atoms with van der Waals surface area (Å²) in [5.41, 5.74) is 7.37. The molecule has 1 aliphatic rings. The molecule has 1 aliphatic heterocycles. The zero-order valence-corrected chi connectivity index (χ0v) is 12.2. The first-order valence-corrected chi connectivity index (χ1v) is 6.79. The van der Waals surface area contributed by atoms with E-state index in [1.165, 1.54) is 7.11 Å². The molecule has 3 N–H and O–H groups in total. The summed E-state index contributed by atoms with van der Waals surface area (Å²) in [5, 5.41) is 3.44. The molecule has 110 valence electrons. The summed E-state index contributed by atoms with van der Waals surface area (Å²) in [6.07, 6.45) is 1.87. The van der Waals surface area contributed by atoms with Crippen LogP contribution in [0.15, 0.2) is 18.2 Å². The standard InChI is InChI=1S/C15H22N2O3/c1-15(2)9-11(6-7-20-15)17-10-4-5-13(16)12(8-10)14(18)19-3/h4-5,8,11,17H,6-7,9,16H2,1-3H3. The van der Waals surface area contributed by atoms with Crippen LogP contribution in [0.5, 0.6) is 0 Å². The lowest BCUT2D eigenvalue weighted by atomic mass is 9.93. The SMILES string of the molecule is COC(=O)c1cc(NC2CCOC(C)(C)C2)ccc1N. The number of nitrogen functional groups attached to an aromatic ring is 1. The van der Waals surface area contributed by atoms with E-state index >= 15 is 0 Å². The second kappa shape index (κ2) is 5.71. The van der Waals surface area contributed by atoms with Crippen molar-refractivity contribution in [1.82, 2.24) is 0 Å². The maximum atomic E-state index is 11.6. The van der Waals surface area contributed by atoms with Crippen molar-refractivity contribution < 1.29 is 14.3 Å². The van der Waals surface area contributed by atoms with E-state index < -0.39 is 5.97 Å². The Kier molecular flexibility index (Phi) is 4.18. The number of ether oxygens (including phenoxy) is 2. The first-order valence-electron chi connectivity index (χ1n) is 6.79. The Morgan fingerprint density at radius 1 is 1.50 bits per heavy atom. The van der Waals surface area contributed by atoms with E-state index in [1.54, 1.807) is 12.1 Å². The molecule has 0 amide bonds. The molecule has 1 atom stereocenters. The molecule has 1 aromatic rings. The van der Waals surface area contributed by atoms with Crippen LogP contribution in [-0.2, 0) is 9.47 Å². The summed E-state index contributed by atoms with van der Waals surface area (Å²) in [7, 11) is 1.35. The molecule has 1 fully saturated rings. The summed E-state index contributed by atoms with van der Waals surface area (Å²) in [6.45, 7) is 4.91. The van der Waals surface area contributed by atoms with Gasteiger partial charge in [-0.1, -0.05) is 0 Å². The van der Waals surface area contributed by atoms with E-state index in [-0.39, 0.29) is 5.60 Å². The van der Waals surface area contributed by atoms with E-state index in [0.29, 0.717) is 17.3 Å². The van der Waals surface area contributed by atoms with Gasteiger partial charge in [0, 0.05) is 24.0 Å². The van der Waals surface area contributed by atoms with Crippen LogP contribution in [0.1, 0.15) is 37.0 Å². The average molecular weight is 278 g/mol. The van der Waals surface area contributed by atoms with Crippen LogP contribution >= 0.6 is 0 Å². The summed E-state index contributed by atoms with van der Waals surface area (Å²) < 4.78 is 10.4. The number of hydrogen-bond acceptors (Lipinski definition) is 5. The predicted octanol–water partition coefficient (Wildman–Crippen LogP) is 2.42. The molecule has 0 bridgehead atoms. The van der Waals surface area contributed by atoms with Gasteiger partial charge in [0.05, 0.1) is 18.3 Å². The highest BCUT2D eigenvalue weighted by atomic mass is 16.5. The summed E-state index contributed by atoms with van der Waals surface area (Å²) in [4.78, 5) is 11.6. The Morgan fingerprint density at radius 2 is 2.25 bits per heavy atom. The smallest absolute Gasteiger partial charge is 0.340 e. The molecule has 1 unspecified atom stereocenters. The van der Waals surface area contributed by atoms with Gasteiger partial charge in [0.1, 0.15) is 0 Å². The van der Waals surface area contributed by atoms with Gasteiger partial charge in [-0.15, -0.1) is 0 Å². The van der Waals surface area contributed by atoms with E-state index in [0.717, 1.165) is 25.1 Å². The van der Waals surface area contributed by atoms with Gasteiger partial charge in [0.15, 0.2) is 0 Å². The van der Waals surface area contributed by atoms with Gasteiger partial charge >= 0.3 is 5.97 Å². The van der Waals surface area contributed by atoms with E-state index in [1.807, 2.05) is 6.07 Å². The quantitative estimate of drug-likeness (QED) is 0.656. The van der Waals surface area contributed by atoms with Crippen molar-refractivity contribution in [3.8, 4) is 0 Å². The molecule has 1 saturated heterocycles. The minimum absolute atomic E-state index is 0.116. The second-order valence-corrected chi connectivity index (χ2v) is 5.74. The van der Waals surface area contributed by atoms with Crippen molar-refractivity contribution in [3.05, 3.63) is 23.8 Å². The minimum atomic E-state index is -0.418. The third kappa shape index (κ3) is 3.42. The van der Waals surface area contributed by atoms with Gasteiger partial charge in [0.25, 0.3) is 0 Å². The molecule has 0 aliphatic carbocycles. The predicted molar refractivity (Wildman–Crippen MR) is 78.9 cm³/mol. The van der Waals surface area contributed by atoms with Gasteiger partial charge in [-0.25, -0.2) is 4.79 Å². The summed E-state index contributed by atoms with van der Waals surface area (Å²) >= 11 is 0. The maximum absolute atomic E-state index is 11.6. The van der Waals surface area contributed by atoms with Gasteiger partial charge < -0.3 is 20.5 Å². The molecule has 5 heteroatoms. The highest BCUT2D eigenvalue weighted by Gasteiger charge is 2.28. The lowest BCUT2D eigenvalue weighted by Crippen LogP contribution is -2.40. The summed E-state index contributed by atoms with van der Waals surface area (Å²) in [5.74, 6) is -0.418. The number of nitrogens with two attached hydrogens (primary N) is 1. The molecule has 0 spiro atoms. The Labute approximate surface area is 119 Å². The Morgan fingerprint density at radius 3 is 2.90 bits per heavy atom. The van der Waals surface area contributed by atoms with Crippen molar-refractivity contribution >= 4 is 17.3 Å². The third-order valence-corrected chi connectivity index (χ3v) is 3.53.